The van der Waals surface area contributed by atoms with Crippen LogP contribution >= 0.6 is 0 Å². The lowest BCUT2D eigenvalue weighted by molar-refractivity contribution is -0.129. The van der Waals surface area contributed by atoms with E-state index in [9.17, 15) is 9.59 Å². The molecular weight excluding hydrogens is 270 g/mol. The van der Waals surface area contributed by atoms with Crippen LogP contribution in [0.4, 0.5) is 0 Å². The Balaban J connectivity index is 1.51. The molecule has 7 heteroatoms. The van der Waals surface area contributed by atoms with Gasteiger partial charge < -0.3 is 15.2 Å². The summed E-state index contributed by atoms with van der Waals surface area (Å²) in [6.07, 6.45) is 6.41. The van der Waals surface area contributed by atoms with Gasteiger partial charge in [0, 0.05) is 32.0 Å². The van der Waals surface area contributed by atoms with Gasteiger partial charge in [-0.05, 0) is 19.3 Å². The normalized spacial score (nSPS) is 23.0. The second-order valence-corrected chi connectivity index (χ2v) is 5.65. The molecule has 3 rings (SSSR count). The van der Waals surface area contributed by atoms with E-state index in [1.165, 1.54) is 0 Å². The first-order chi connectivity index (χ1) is 10.2. The minimum absolute atomic E-state index is 0.0602. The van der Waals surface area contributed by atoms with Gasteiger partial charge in [-0.25, -0.2) is 4.98 Å². The van der Waals surface area contributed by atoms with Gasteiger partial charge in [0.2, 0.25) is 11.8 Å². The number of hydrogen-bond donors (Lipinski definition) is 2. The second kappa shape index (κ2) is 6.26. The second-order valence-electron chi connectivity index (χ2n) is 5.65. The van der Waals surface area contributed by atoms with E-state index in [1.807, 2.05) is 6.20 Å². The van der Waals surface area contributed by atoms with E-state index in [4.69, 9.17) is 0 Å². The molecule has 2 aliphatic rings. The molecule has 0 bridgehead atoms. The molecule has 0 spiro atoms. The Hall–Kier alpha value is -1.89. The summed E-state index contributed by atoms with van der Waals surface area (Å²) in [5, 5.41) is 5.69. The summed E-state index contributed by atoms with van der Waals surface area (Å²) in [6, 6.07) is -0.383. The summed E-state index contributed by atoms with van der Waals surface area (Å²) < 4.78 is 2.10. The third kappa shape index (κ3) is 3.41. The lowest BCUT2D eigenvalue weighted by Gasteiger charge is -2.27. The van der Waals surface area contributed by atoms with Crippen molar-refractivity contribution in [2.45, 2.75) is 38.4 Å². The molecule has 2 amide bonds. The van der Waals surface area contributed by atoms with Gasteiger partial charge in [0.05, 0.1) is 13.1 Å². The Kier molecular flexibility index (Phi) is 4.19. The summed E-state index contributed by atoms with van der Waals surface area (Å²) in [5.74, 6) is 0.841. The molecule has 114 valence electrons. The molecule has 1 atom stereocenters. The summed E-state index contributed by atoms with van der Waals surface area (Å²) in [7, 11) is 0. The van der Waals surface area contributed by atoms with Gasteiger partial charge in [0.1, 0.15) is 11.9 Å². The Morgan fingerprint density at radius 3 is 3.24 bits per heavy atom. The number of aromatic nitrogens is 2. The summed E-state index contributed by atoms with van der Waals surface area (Å²) in [5.41, 5.74) is 0. The molecule has 2 N–H and O–H groups in total. The first kappa shape index (κ1) is 14.1. The highest BCUT2D eigenvalue weighted by Crippen LogP contribution is 2.10. The lowest BCUT2D eigenvalue weighted by Crippen LogP contribution is -2.49. The molecule has 1 unspecified atom stereocenters. The van der Waals surface area contributed by atoms with Gasteiger partial charge >= 0.3 is 0 Å². The fourth-order valence-corrected chi connectivity index (χ4v) is 2.88. The van der Waals surface area contributed by atoms with Crippen molar-refractivity contribution >= 4 is 11.8 Å². The molecule has 0 radical (unpaired) electrons. The quantitative estimate of drug-likeness (QED) is 0.786. The van der Waals surface area contributed by atoms with Crippen LogP contribution in [-0.2, 0) is 22.7 Å². The number of nitrogens with zero attached hydrogens (tertiary/aromatic N) is 3. The van der Waals surface area contributed by atoms with Crippen LogP contribution in [0.25, 0.3) is 0 Å². The SMILES string of the molecule is O=C(CN1CCn2ccnc2C1)NC1CCCCNC1=O. The minimum atomic E-state index is -0.383. The van der Waals surface area contributed by atoms with Crippen molar-refractivity contribution in [2.75, 3.05) is 19.6 Å². The first-order valence-corrected chi connectivity index (χ1v) is 7.52. The fraction of sp³-hybridized carbons (Fsp3) is 0.643. The smallest absolute Gasteiger partial charge is 0.242 e. The van der Waals surface area contributed by atoms with Crippen LogP contribution in [0.2, 0.25) is 0 Å². The molecule has 2 aliphatic heterocycles. The molecule has 0 aromatic carbocycles. The van der Waals surface area contributed by atoms with Gasteiger partial charge in [-0.15, -0.1) is 0 Å². The molecule has 1 aromatic heterocycles. The number of amides is 2. The van der Waals surface area contributed by atoms with E-state index < -0.39 is 0 Å². The van der Waals surface area contributed by atoms with E-state index in [0.29, 0.717) is 19.6 Å². The Morgan fingerprint density at radius 1 is 1.43 bits per heavy atom. The zero-order valence-electron chi connectivity index (χ0n) is 12.0. The Bertz CT molecular complexity index is 527. The summed E-state index contributed by atoms with van der Waals surface area (Å²) in [6.45, 7) is 3.38. The predicted molar refractivity (Wildman–Crippen MR) is 76.3 cm³/mol. The van der Waals surface area contributed by atoms with Crippen molar-refractivity contribution in [3.05, 3.63) is 18.2 Å². The molecule has 3 heterocycles. The molecule has 21 heavy (non-hydrogen) atoms. The highest BCUT2D eigenvalue weighted by atomic mass is 16.2. The maximum atomic E-state index is 12.1. The third-order valence-electron chi connectivity index (χ3n) is 4.06. The Morgan fingerprint density at radius 2 is 2.33 bits per heavy atom. The van der Waals surface area contributed by atoms with Gasteiger partial charge in [-0.2, -0.15) is 0 Å². The van der Waals surface area contributed by atoms with Crippen LogP contribution < -0.4 is 10.6 Å². The standard InChI is InChI=1S/C14H21N5O2/c20-13(17-11-3-1-2-4-16-14(11)21)10-18-7-8-19-6-5-15-12(19)9-18/h5-6,11H,1-4,7-10H2,(H,16,21)(H,17,20). The molecule has 7 nitrogen and oxygen atoms in total. The highest BCUT2D eigenvalue weighted by molar-refractivity contribution is 5.88. The van der Waals surface area contributed by atoms with Gasteiger partial charge in [-0.1, -0.05) is 0 Å². The van der Waals surface area contributed by atoms with E-state index >= 15 is 0 Å². The van der Waals surface area contributed by atoms with E-state index in [-0.39, 0.29) is 17.9 Å². The van der Waals surface area contributed by atoms with Crippen molar-refractivity contribution in [3.63, 3.8) is 0 Å². The van der Waals surface area contributed by atoms with Gasteiger partial charge in [0.25, 0.3) is 0 Å². The van der Waals surface area contributed by atoms with Gasteiger partial charge in [-0.3, -0.25) is 14.5 Å². The first-order valence-electron chi connectivity index (χ1n) is 7.52. The number of carbonyl (C=O) groups excluding carboxylic acids is 2. The fourth-order valence-electron chi connectivity index (χ4n) is 2.88. The van der Waals surface area contributed by atoms with Crippen molar-refractivity contribution in [3.8, 4) is 0 Å². The zero-order valence-corrected chi connectivity index (χ0v) is 12.0. The number of fused-ring (bicyclic) bond motifs is 1. The van der Waals surface area contributed by atoms with Gasteiger partial charge in [0.15, 0.2) is 0 Å². The van der Waals surface area contributed by atoms with Crippen LogP contribution in [0, 0.1) is 0 Å². The summed E-state index contributed by atoms with van der Waals surface area (Å²) in [4.78, 5) is 30.3. The van der Waals surface area contributed by atoms with Crippen molar-refractivity contribution < 1.29 is 9.59 Å². The van der Waals surface area contributed by atoms with E-state index in [1.54, 1.807) is 6.20 Å². The third-order valence-corrected chi connectivity index (χ3v) is 4.06. The van der Waals surface area contributed by atoms with Crippen LogP contribution in [0.5, 0.6) is 0 Å². The number of rotatable bonds is 3. The number of hydrogen-bond acceptors (Lipinski definition) is 4. The topological polar surface area (TPSA) is 79.3 Å². The number of carbonyl (C=O) groups is 2. The van der Waals surface area contributed by atoms with Crippen molar-refractivity contribution in [1.82, 2.24) is 25.1 Å². The van der Waals surface area contributed by atoms with Crippen LogP contribution in [0.1, 0.15) is 25.1 Å². The molecule has 0 saturated carbocycles. The van der Waals surface area contributed by atoms with Crippen LogP contribution in [0.3, 0.4) is 0 Å². The number of imidazole rings is 1. The number of nitrogens with one attached hydrogen (secondary N) is 2. The predicted octanol–water partition coefficient (Wildman–Crippen LogP) is -0.516. The molecule has 1 aromatic rings. The molecule has 1 fully saturated rings. The van der Waals surface area contributed by atoms with Crippen molar-refractivity contribution in [2.24, 2.45) is 0 Å². The van der Waals surface area contributed by atoms with E-state index in [2.05, 4.69) is 25.1 Å². The zero-order chi connectivity index (χ0) is 14.7. The van der Waals surface area contributed by atoms with Crippen LogP contribution in [0.15, 0.2) is 12.4 Å². The van der Waals surface area contributed by atoms with E-state index in [0.717, 1.165) is 38.2 Å². The molecule has 1 saturated heterocycles. The largest absolute Gasteiger partial charge is 0.354 e. The summed E-state index contributed by atoms with van der Waals surface area (Å²) >= 11 is 0. The molecule has 0 aliphatic carbocycles. The maximum Gasteiger partial charge on any atom is 0.242 e. The average Bonchev–Trinajstić information content (AvgIpc) is 2.84. The Labute approximate surface area is 123 Å². The average molecular weight is 291 g/mol. The van der Waals surface area contributed by atoms with Crippen LogP contribution in [-0.4, -0.2) is 51.9 Å². The minimum Gasteiger partial charge on any atom is -0.354 e. The lowest BCUT2D eigenvalue weighted by atomic mass is 10.1. The maximum absolute atomic E-state index is 12.1. The van der Waals surface area contributed by atoms with Crippen molar-refractivity contribution in [1.29, 1.82) is 0 Å². The molecular formula is C14H21N5O2. The highest BCUT2D eigenvalue weighted by Gasteiger charge is 2.24. The monoisotopic (exact) mass is 291 g/mol.